The molecular formula is C16H22ClN3O4. The van der Waals surface area contributed by atoms with E-state index < -0.39 is 12.0 Å². The quantitative estimate of drug-likeness (QED) is 0.481. The number of hydrogen-bond acceptors (Lipinski definition) is 3. The molecule has 0 bridgehead atoms. The third kappa shape index (κ3) is 9.68. The fourth-order valence-electron chi connectivity index (χ4n) is 1.88. The molecule has 4 N–H and O–H groups in total. The van der Waals surface area contributed by atoms with Crippen LogP contribution in [-0.4, -0.2) is 36.1 Å². The number of carbonyl (C=O) groups excluding carboxylic acids is 2. The third-order valence-corrected chi connectivity index (χ3v) is 3.42. The molecule has 24 heavy (non-hydrogen) atoms. The van der Waals surface area contributed by atoms with Crippen LogP contribution in [0.5, 0.6) is 0 Å². The zero-order valence-corrected chi connectivity index (χ0v) is 14.1. The highest BCUT2D eigenvalue weighted by Gasteiger charge is 2.05. The number of urea groups is 1. The van der Waals surface area contributed by atoms with Gasteiger partial charge in [-0.2, -0.15) is 0 Å². The minimum absolute atomic E-state index is 0.110. The highest BCUT2D eigenvalue weighted by atomic mass is 35.5. The second-order valence-corrected chi connectivity index (χ2v) is 5.65. The van der Waals surface area contributed by atoms with E-state index in [0.717, 1.165) is 12.0 Å². The van der Waals surface area contributed by atoms with Gasteiger partial charge in [0.2, 0.25) is 5.91 Å². The number of carbonyl (C=O) groups is 3. The highest BCUT2D eigenvalue weighted by Crippen LogP contribution is 2.08. The molecule has 0 heterocycles. The molecule has 0 spiro atoms. The van der Waals surface area contributed by atoms with E-state index in [9.17, 15) is 14.4 Å². The van der Waals surface area contributed by atoms with E-state index in [2.05, 4.69) is 16.0 Å². The van der Waals surface area contributed by atoms with Crippen molar-refractivity contribution in [2.45, 2.75) is 32.2 Å². The van der Waals surface area contributed by atoms with Gasteiger partial charge in [0.15, 0.2) is 0 Å². The average molecular weight is 356 g/mol. The summed E-state index contributed by atoms with van der Waals surface area (Å²) in [6.07, 6.45) is 2.18. The summed E-state index contributed by atoms with van der Waals surface area (Å²) in [6.45, 7) is 0.697. The number of carboxylic acids is 1. The fraction of sp³-hybridized carbons (Fsp3) is 0.438. The monoisotopic (exact) mass is 355 g/mol. The van der Waals surface area contributed by atoms with E-state index in [0.29, 0.717) is 31.0 Å². The van der Waals surface area contributed by atoms with Gasteiger partial charge in [-0.25, -0.2) is 4.79 Å². The molecule has 0 unspecified atom stereocenters. The Morgan fingerprint density at radius 3 is 2.33 bits per heavy atom. The second kappa shape index (κ2) is 11.3. The first kappa shape index (κ1) is 19.8. The van der Waals surface area contributed by atoms with Crippen molar-refractivity contribution in [1.82, 2.24) is 16.0 Å². The van der Waals surface area contributed by atoms with Crippen LogP contribution in [-0.2, 0) is 16.1 Å². The number of hydrogen-bond donors (Lipinski definition) is 4. The zero-order chi connectivity index (χ0) is 17.8. The summed E-state index contributed by atoms with van der Waals surface area (Å²) in [7, 11) is 0. The summed E-state index contributed by atoms with van der Waals surface area (Å²) in [5.74, 6) is -1.09. The minimum atomic E-state index is -0.812. The number of aliphatic carboxylic acids is 1. The van der Waals surface area contributed by atoms with Crippen LogP contribution in [0.25, 0.3) is 0 Å². The number of rotatable bonds is 10. The van der Waals surface area contributed by atoms with Crippen LogP contribution in [0.4, 0.5) is 4.79 Å². The summed E-state index contributed by atoms with van der Waals surface area (Å²) in [6, 6.07) is 6.65. The molecule has 1 aromatic carbocycles. The Morgan fingerprint density at radius 1 is 0.958 bits per heavy atom. The van der Waals surface area contributed by atoms with Crippen LogP contribution in [0.1, 0.15) is 31.2 Å². The van der Waals surface area contributed by atoms with Crippen molar-refractivity contribution in [1.29, 1.82) is 0 Å². The molecule has 0 aliphatic carbocycles. The van der Waals surface area contributed by atoms with Gasteiger partial charge in [0, 0.05) is 24.5 Å². The standard InChI is InChI=1S/C16H22ClN3O4/c17-13-7-5-12(6-8-13)10-19-16(24)20-11-14(21)18-9-3-1-2-4-15(22)23/h5-8H,1-4,9-11H2,(H,18,21)(H,22,23)(H2,19,20,24). The van der Waals surface area contributed by atoms with Gasteiger partial charge >= 0.3 is 12.0 Å². The maximum Gasteiger partial charge on any atom is 0.315 e. The Kier molecular flexibility index (Phi) is 9.29. The minimum Gasteiger partial charge on any atom is -0.481 e. The summed E-state index contributed by atoms with van der Waals surface area (Å²) in [5, 5.41) is 16.9. The number of halogens is 1. The number of amides is 3. The molecule has 8 heteroatoms. The van der Waals surface area contributed by atoms with E-state index in [1.807, 2.05) is 0 Å². The first-order valence-corrected chi connectivity index (χ1v) is 8.10. The molecule has 0 fully saturated rings. The number of nitrogens with one attached hydrogen (secondary N) is 3. The molecule has 3 amide bonds. The van der Waals surface area contributed by atoms with Gasteiger partial charge in [0.1, 0.15) is 0 Å². The van der Waals surface area contributed by atoms with E-state index in [4.69, 9.17) is 16.7 Å². The third-order valence-electron chi connectivity index (χ3n) is 3.17. The van der Waals surface area contributed by atoms with E-state index >= 15 is 0 Å². The van der Waals surface area contributed by atoms with Gasteiger partial charge in [0.05, 0.1) is 6.54 Å². The molecule has 7 nitrogen and oxygen atoms in total. The number of benzene rings is 1. The molecule has 0 radical (unpaired) electrons. The Balaban J connectivity index is 2.05. The Labute approximate surface area is 145 Å². The predicted octanol–water partition coefficient (Wildman–Crippen LogP) is 1.90. The summed E-state index contributed by atoms with van der Waals surface area (Å²) in [4.78, 5) is 33.4. The van der Waals surface area contributed by atoms with E-state index in [1.54, 1.807) is 24.3 Å². The van der Waals surface area contributed by atoms with Crippen LogP contribution in [0.2, 0.25) is 5.02 Å². The number of unbranched alkanes of at least 4 members (excludes halogenated alkanes) is 2. The molecule has 132 valence electrons. The molecule has 0 aromatic heterocycles. The van der Waals surface area contributed by atoms with E-state index in [-0.39, 0.29) is 18.9 Å². The molecule has 0 saturated heterocycles. The van der Waals surface area contributed by atoms with Crippen LogP contribution in [0.3, 0.4) is 0 Å². The Morgan fingerprint density at radius 2 is 1.67 bits per heavy atom. The summed E-state index contributed by atoms with van der Waals surface area (Å²) >= 11 is 5.77. The summed E-state index contributed by atoms with van der Waals surface area (Å²) in [5.41, 5.74) is 0.903. The molecule has 0 atom stereocenters. The van der Waals surface area contributed by atoms with Crippen molar-refractivity contribution in [2.24, 2.45) is 0 Å². The maximum atomic E-state index is 11.6. The average Bonchev–Trinajstić information content (AvgIpc) is 2.55. The molecule has 0 aliphatic rings. The van der Waals surface area contributed by atoms with Crippen LogP contribution in [0.15, 0.2) is 24.3 Å². The van der Waals surface area contributed by atoms with Crippen molar-refractivity contribution in [3.63, 3.8) is 0 Å². The summed E-state index contributed by atoms with van der Waals surface area (Å²) < 4.78 is 0. The Bertz CT molecular complexity index is 549. The zero-order valence-electron chi connectivity index (χ0n) is 13.3. The van der Waals surface area contributed by atoms with Crippen molar-refractivity contribution >= 4 is 29.5 Å². The maximum absolute atomic E-state index is 11.6. The van der Waals surface area contributed by atoms with Crippen molar-refractivity contribution in [2.75, 3.05) is 13.1 Å². The lowest BCUT2D eigenvalue weighted by molar-refractivity contribution is -0.137. The lowest BCUT2D eigenvalue weighted by Crippen LogP contribution is -2.42. The number of carboxylic acid groups (broad SMARTS) is 1. The largest absolute Gasteiger partial charge is 0.481 e. The smallest absolute Gasteiger partial charge is 0.315 e. The first-order chi connectivity index (χ1) is 11.5. The van der Waals surface area contributed by atoms with Crippen LogP contribution in [0, 0.1) is 0 Å². The highest BCUT2D eigenvalue weighted by molar-refractivity contribution is 6.30. The molecule has 1 aromatic rings. The van der Waals surface area contributed by atoms with Crippen molar-refractivity contribution in [3.05, 3.63) is 34.9 Å². The first-order valence-electron chi connectivity index (χ1n) is 7.72. The molecule has 0 saturated carbocycles. The normalized spacial score (nSPS) is 10.0. The van der Waals surface area contributed by atoms with Crippen LogP contribution < -0.4 is 16.0 Å². The SMILES string of the molecule is O=C(O)CCCCCNC(=O)CNC(=O)NCc1ccc(Cl)cc1. The van der Waals surface area contributed by atoms with Gasteiger partial charge in [-0.3, -0.25) is 9.59 Å². The van der Waals surface area contributed by atoms with Gasteiger partial charge in [-0.15, -0.1) is 0 Å². The topological polar surface area (TPSA) is 108 Å². The van der Waals surface area contributed by atoms with Gasteiger partial charge in [0.25, 0.3) is 0 Å². The lowest BCUT2D eigenvalue weighted by atomic mass is 10.2. The lowest BCUT2D eigenvalue weighted by Gasteiger charge is -2.08. The van der Waals surface area contributed by atoms with Crippen molar-refractivity contribution < 1.29 is 19.5 Å². The molecule has 1 rings (SSSR count). The van der Waals surface area contributed by atoms with Crippen molar-refractivity contribution in [3.8, 4) is 0 Å². The van der Waals surface area contributed by atoms with E-state index in [1.165, 1.54) is 0 Å². The van der Waals surface area contributed by atoms with Gasteiger partial charge < -0.3 is 21.1 Å². The van der Waals surface area contributed by atoms with Crippen LogP contribution >= 0.6 is 11.6 Å². The Hall–Kier alpha value is -2.28. The molecular weight excluding hydrogens is 334 g/mol. The van der Waals surface area contributed by atoms with Gasteiger partial charge in [-0.1, -0.05) is 30.2 Å². The predicted molar refractivity (Wildman–Crippen MR) is 90.8 cm³/mol. The van der Waals surface area contributed by atoms with Gasteiger partial charge in [-0.05, 0) is 30.5 Å². The second-order valence-electron chi connectivity index (χ2n) is 5.22. The molecule has 0 aliphatic heterocycles. The fourth-order valence-corrected chi connectivity index (χ4v) is 2.00.